The normalized spacial score (nSPS) is 18.4. The largest absolute Gasteiger partial charge is 0.416 e. The molecule has 0 saturated heterocycles. The molecule has 0 heterocycles. The minimum atomic E-state index is -1.84. The minimum Gasteiger partial charge on any atom is -0.416 e. The Morgan fingerprint density at radius 2 is 1.65 bits per heavy atom. The quantitative estimate of drug-likeness (QED) is 0.312. The lowest BCUT2D eigenvalue weighted by Crippen LogP contribution is -2.42. The van der Waals surface area contributed by atoms with Gasteiger partial charge < -0.3 is 19.4 Å². The molecule has 1 rings (SSSR count). The van der Waals surface area contributed by atoms with E-state index < -0.39 is 14.4 Å². The molecule has 31 heavy (non-hydrogen) atoms. The summed E-state index contributed by atoms with van der Waals surface area (Å²) in [6.45, 7) is 20.4. The van der Waals surface area contributed by atoms with Crippen LogP contribution in [0.15, 0.2) is 42.0 Å². The Morgan fingerprint density at radius 1 is 1.06 bits per heavy atom. The monoisotopic (exact) mass is 450 g/mol. The molecule has 1 aromatic carbocycles. The number of rotatable bonds is 12. The molecule has 178 valence electrons. The van der Waals surface area contributed by atoms with Gasteiger partial charge in [0.15, 0.2) is 8.32 Å². The third kappa shape index (κ3) is 8.82. The van der Waals surface area contributed by atoms with Crippen molar-refractivity contribution in [1.82, 2.24) is 0 Å². The van der Waals surface area contributed by atoms with Crippen LogP contribution < -0.4 is 0 Å². The summed E-state index contributed by atoms with van der Waals surface area (Å²) in [5, 5.41) is 20.8. The first kappa shape index (κ1) is 28.1. The zero-order valence-corrected chi connectivity index (χ0v) is 22.2. The Bertz CT molecular complexity index is 666. The molecule has 0 aliphatic carbocycles. The van der Waals surface area contributed by atoms with Gasteiger partial charge in [0.1, 0.15) is 0 Å². The van der Waals surface area contributed by atoms with Crippen molar-refractivity contribution in [2.75, 3.05) is 13.2 Å². The second-order valence-corrected chi connectivity index (χ2v) is 15.5. The number of ether oxygens (including phenoxy) is 1. The fraction of sp³-hybridized carbons (Fsp3) is 0.692. The molecule has 2 N–H and O–H groups in total. The van der Waals surface area contributed by atoms with Crippen molar-refractivity contribution in [2.45, 2.75) is 85.4 Å². The lowest BCUT2D eigenvalue weighted by Gasteiger charge is -2.37. The van der Waals surface area contributed by atoms with Crippen molar-refractivity contribution in [3.8, 4) is 0 Å². The van der Waals surface area contributed by atoms with Gasteiger partial charge in [-0.3, -0.25) is 0 Å². The number of hydrogen-bond acceptors (Lipinski definition) is 4. The summed E-state index contributed by atoms with van der Waals surface area (Å²) < 4.78 is 12.5. The highest BCUT2D eigenvalue weighted by Crippen LogP contribution is 2.37. The molecule has 0 spiro atoms. The van der Waals surface area contributed by atoms with E-state index >= 15 is 0 Å². The predicted molar refractivity (Wildman–Crippen MR) is 133 cm³/mol. The maximum atomic E-state index is 10.9. The Kier molecular flexibility index (Phi) is 11.1. The first-order valence-electron chi connectivity index (χ1n) is 11.6. The van der Waals surface area contributed by atoms with Gasteiger partial charge in [-0.2, -0.15) is 0 Å². The van der Waals surface area contributed by atoms with Crippen LogP contribution in [0.4, 0.5) is 0 Å². The minimum absolute atomic E-state index is 0.000698. The Hall–Kier alpha value is -0.983. The van der Waals surface area contributed by atoms with Crippen LogP contribution in [0, 0.1) is 17.8 Å². The number of benzene rings is 1. The first-order chi connectivity index (χ1) is 14.3. The van der Waals surface area contributed by atoms with Gasteiger partial charge in [-0.1, -0.05) is 78.0 Å². The molecular formula is C26H46O4Si. The van der Waals surface area contributed by atoms with Crippen molar-refractivity contribution in [1.29, 1.82) is 0 Å². The molecule has 0 aromatic heterocycles. The maximum Gasteiger partial charge on any atom is 0.191 e. The zero-order chi connectivity index (χ0) is 23.8. The van der Waals surface area contributed by atoms with Crippen LogP contribution in [0.2, 0.25) is 18.1 Å². The fourth-order valence-electron chi connectivity index (χ4n) is 3.41. The summed E-state index contributed by atoms with van der Waals surface area (Å²) >= 11 is 0. The molecule has 1 aromatic rings. The van der Waals surface area contributed by atoms with Gasteiger partial charge in [0, 0.05) is 31.0 Å². The SMILES string of the molecule is C/C(=C\[C@@H](C)[C@H](OCc1ccccc1)[C@H](C)CO)C(O)[C@@H](C)CO[Si](C)(C)C(C)(C)C. The van der Waals surface area contributed by atoms with E-state index in [4.69, 9.17) is 9.16 Å². The molecule has 0 bridgehead atoms. The average Bonchev–Trinajstić information content (AvgIpc) is 2.71. The van der Waals surface area contributed by atoms with Crippen molar-refractivity contribution >= 4 is 8.32 Å². The van der Waals surface area contributed by atoms with E-state index in [9.17, 15) is 10.2 Å². The van der Waals surface area contributed by atoms with E-state index in [1.165, 1.54) is 0 Å². The molecule has 0 aliphatic rings. The summed E-state index contributed by atoms with van der Waals surface area (Å²) in [5.74, 6) is 0.0739. The molecule has 0 aliphatic heterocycles. The van der Waals surface area contributed by atoms with Gasteiger partial charge in [0.25, 0.3) is 0 Å². The molecule has 5 heteroatoms. The summed E-state index contributed by atoms with van der Waals surface area (Å²) in [7, 11) is -1.84. The molecule has 5 atom stereocenters. The van der Waals surface area contributed by atoms with Gasteiger partial charge in [-0.25, -0.2) is 0 Å². The Morgan fingerprint density at radius 3 is 2.16 bits per heavy atom. The summed E-state index contributed by atoms with van der Waals surface area (Å²) in [6, 6.07) is 10.1. The van der Waals surface area contributed by atoms with Gasteiger partial charge >= 0.3 is 0 Å². The Labute approximate surface area is 191 Å². The van der Waals surface area contributed by atoms with E-state index in [1.807, 2.05) is 51.1 Å². The van der Waals surface area contributed by atoms with Crippen molar-refractivity contribution in [3.63, 3.8) is 0 Å². The molecule has 4 nitrogen and oxygen atoms in total. The van der Waals surface area contributed by atoms with E-state index in [0.717, 1.165) is 11.1 Å². The highest BCUT2D eigenvalue weighted by Gasteiger charge is 2.37. The van der Waals surface area contributed by atoms with Crippen molar-refractivity contribution in [3.05, 3.63) is 47.5 Å². The lowest BCUT2D eigenvalue weighted by atomic mass is 9.89. The topological polar surface area (TPSA) is 58.9 Å². The van der Waals surface area contributed by atoms with Crippen LogP contribution >= 0.6 is 0 Å². The standard InChI is InChI=1S/C26H46O4Si/c1-19(24(28)22(4)17-30-31(8,9)26(5,6)7)15-20(2)25(21(3)16-27)29-18-23-13-11-10-12-14-23/h10-15,20-22,24-25,27-28H,16-18H2,1-9H3/b19-15+/t20-,21-,22+,24?,25+/m1/s1. The molecule has 0 saturated carbocycles. The molecular weight excluding hydrogens is 404 g/mol. The third-order valence-electron chi connectivity index (χ3n) is 6.70. The van der Waals surface area contributed by atoms with Crippen LogP contribution in [-0.4, -0.2) is 44.0 Å². The third-order valence-corrected chi connectivity index (χ3v) is 11.2. The molecule has 0 radical (unpaired) electrons. The molecule has 1 unspecified atom stereocenters. The van der Waals surface area contributed by atoms with Crippen LogP contribution in [0.5, 0.6) is 0 Å². The van der Waals surface area contributed by atoms with E-state index in [1.54, 1.807) is 0 Å². The molecule has 0 fully saturated rings. The van der Waals surface area contributed by atoms with Crippen molar-refractivity contribution < 1.29 is 19.4 Å². The van der Waals surface area contributed by atoms with E-state index in [2.05, 4.69) is 46.9 Å². The fourth-order valence-corrected chi connectivity index (χ4v) is 4.52. The maximum absolute atomic E-state index is 10.9. The van der Waals surface area contributed by atoms with Crippen LogP contribution in [0.1, 0.15) is 54.0 Å². The second kappa shape index (κ2) is 12.3. The van der Waals surface area contributed by atoms with Crippen LogP contribution in [0.3, 0.4) is 0 Å². The number of aliphatic hydroxyl groups is 2. The summed E-state index contributed by atoms with van der Waals surface area (Å²) in [5.41, 5.74) is 2.04. The smallest absolute Gasteiger partial charge is 0.191 e. The summed E-state index contributed by atoms with van der Waals surface area (Å²) in [4.78, 5) is 0. The number of aliphatic hydroxyl groups excluding tert-OH is 2. The second-order valence-electron chi connectivity index (χ2n) is 10.7. The average molecular weight is 451 g/mol. The molecule has 0 amide bonds. The zero-order valence-electron chi connectivity index (χ0n) is 21.2. The van der Waals surface area contributed by atoms with Crippen molar-refractivity contribution in [2.24, 2.45) is 17.8 Å². The van der Waals surface area contributed by atoms with E-state index in [-0.39, 0.29) is 35.5 Å². The van der Waals surface area contributed by atoms with Gasteiger partial charge in [0.05, 0.1) is 18.8 Å². The summed E-state index contributed by atoms with van der Waals surface area (Å²) in [6.07, 6.45) is 1.40. The predicted octanol–water partition coefficient (Wildman–Crippen LogP) is 5.80. The van der Waals surface area contributed by atoms with Gasteiger partial charge in [-0.15, -0.1) is 0 Å². The van der Waals surface area contributed by atoms with Crippen LogP contribution in [-0.2, 0) is 15.8 Å². The number of hydrogen-bond donors (Lipinski definition) is 2. The van der Waals surface area contributed by atoms with Crippen LogP contribution in [0.25, 0.3) is 0 Å². The lowest BCUT2D eigenvalue weighted by molar-refractivity contribution is -0.0313. The van der Waals surface area contributed by atoms with Gasteiger partial charge in [-0.05, 0) is 36.2 Å². The highest BCUT2D eigenvalue weighted by atomic mass is 28.4. The van der Waals surface area contributed by atoms with E-state index in [0.29, 0.717) is 13.2 Å². The van der Waals surface area contributed by atoms with Gasteiger partial charge in [0.2, 0.25) is 0 Å². The highest BCUT2D eigenvalue weighted by molar-refractivity contribution is 6.74. The first-order valence-corrected chi connectivity index (χ1v) is 14.5. The Balaban J connectivity index is 2.79.